The van der Waals surface area contributed by atoms with Crippen LogP contribution in [0.3, 0.4) is 0 Å². The Morgan fingerprint density at radius 1 is 1.00 bits per heavy atom. The molecule has 4 heteroatoms. The minimum absolute atomic E-state index is 0.323. The number of hydrogen-bond donors (Lipinski definition) is 1. The van der Waals surface area contributed by atoms with Crippen molar-refractivity contribution in [3.05, 3.63) is 65.9 Å². The van der Waals surface area contributed by atoms with E-state index in [4.69, 9.17) is 9.47 Å². The van der Waals surface area contributed by atoms with Crippen LogP contribution in [0.25, 0.3) is 22.4 Å². The zero-order valence-corrected chi connectivity index (χ0v) is 14.6. The zero-order valence-electron chi connectivity index (χ0n) is 14.6. The molecule has 0 aliphatic rings. The highest BCUT2D eigenvalue weighted by atomic mass is 16.5. The quantitative estimate of drug-likeness (QED) is 0.679. The number of aromatic amines is 1. The number of nitrogens with one attached hydrogen (secondary N) is 1. The van der Waals surface area contributed by atoms with E-state index in [-0.39, 0.29) is 5.97 Å². The molecule has 2 aromatic carbocycles. The molecule has 0 spiro atoms. The van der Waals surface area contributed by atoms with E-state index in [1.54, 1.807) is 7.11 Å². The summed E-state index contributed by atoms with van der Waals surface area (Å²) < 4.78 is 10.5. The van der Waals surface area contributed by atoms with Crippen molar-refractivity contribution in [1.82, 2.24) is 4.98 Å². The molecule has 0 bridgehead atoms. The van der Waals surface area contributed by atoms with E-state index in [2.05, 4.69) is 4.98 Å². The monoisotopic (exact) mass is 335 g/mol. The molecule has 0 atom stereocenters. The Kier molecular flexibility index (Phi) is 4.89. The lowest BCUT2D eigenvalue weighted by Gasteiger charge is -2.08. The molecule has 0 aliphatic carbocycles. The summed E-state index contributed by atoms with van der Waals surface area (Å²) in [5.41, 5.74) is 5.03. The molecule has 3 aromatic rings. The van der Waals surface area contributed by atoms with Crippen LogP contribution in [0.2, 0.25) is 0 Å². The molecule has 0 amide bonds. The molecule has 0 fully saturated rings. The van der Waals surface area contributed by atoms with Crippen molar-refractivity contribution in [2.75, 3.05) is 13.7 Å². The molecule has 1 N–H and O–H groups in total. The second-order valence-electron chi connectivity index (χ2n) is 5.69. The first-order valence-corrected chi connectivity index (χ1v) is 8.25. The average molecular weight is 335 g/mol. The van der Waals surface area contributed by atoms with Crippen molar-refractivity contribution in [1.29, 1.82) is 0 Å². The maximum atomic E-state index is 12.7. The van der Waals surface area contributed by atoms with E-state index in [1.165, 1.54) is 0 Å². The van der Waals surface area contributed by atoms with Crippen LogP contribution in [0, 0.1) is 6.92 Å². The normalized spacial score (nSPS) is 10.5. The summed E-state index contributed by atoms with van der Waals surface area (Å²) in [7, 11) is 1.63. The number of benzene rings is 2. The van der Waals surface area contributed by atoms with Crippen LogP contribution in [0.15, 0.2) is 54.6 Å². The molecule has 0 aliphatic heterocycles. The first-order chi connectivity index (χ1) is 12.2. The lowest BCUT2D eigenvalue weighted by molar-refractivity contribution is 0.0528. The third kappa shape index (κ3) is 3.29. The predicted molar refractivity (Wildman–Crippen MR) is 98.9 cm³/mol. The van der Waals surface area contributed by atoms with Crippen LogP contribution in [0.4, 0.5) is 0 Å². The highest BCUT2D eigenvalue weighted by Crippen LogP contribution is 2.36. The van der Waals surface area contributed by atoms with E-state index in [0.29, 0.717) is 12.2 Å². The Balaban J connectivity index is 2.19. The number of rotatable bonds is 5. The summed E-state index contributed by atoms with van der Waals surface area (Å²) in [4.78, 5) is 16.1. The molecule has 1 aromatic heterocycles. The van der Waals surface area contributed by atoms with Gasteiger partial charge in [-0.15, -0.1) is 0 Å². The Morgan fingerprint density at radius 2 is 1.68 bits per heavy atom. The number of hydrogen-bond acceptors (Lipinski definition) is 3. The highest BCUT2D eigenvalue weighted by Gasteiger charge is 2.24. The van der Waals surface area contributed by atoms with Gasteiger partial charge in [0.15, 0.2) is 0 Å². The molecule has 4 nitrogen and oxygen atoms in total. The van der Waals surface area contributed by atoms with E-state index >= 15 is 0 Å². The van der Waals surface area contributed by atoms with Gasteiger partial charge in [0, 0.05) is 11.3 Å². The average Bonchev–Trinajstić information content (AvgIpc) is 3.00. The molecule has 3 rings (SSSR count). The fraction of sp³-hybridized carbons (Fsp3) is 0.190. The summed E-state index contributed by atoms with van der Waals surface area (Å²) in [6.07, 6.45) is 0. The van der Waals surface area contributed by atoms with Gasteiger partial charge in [0.2, 0.25) is 0 Å². The number of carbonyl (C=O) groups excluding carboxylic acids is 1. The molecular weight excluding hydrogens is 314 g/mol. The fourth-order valence-electron chi connectivity index (χ4n) is 2.97. The van der Waals surface area contributed by atoms with Crippen molar-refractivity contribution in [3.8, 4) is 28.1 Å². The van der Waals surface area contributed by atoms with E-state index in [0.717, 1.165) is 33.8 Å². The van der Waals surface area contributed by atoms with Crippen LogP contribution in [0.1, 0.15) is 23.0 Å². The van der Waals surface area contributed by atoms with Crippen LogP contribution in [0.5, 0.6) is 5.75 Å². The summed E-state index contributed by atoms with van der Waals surface area (Å²) in [6.45, 7) is 4.12. The zero-order chi connectivity index (χ0) is 17.8. The van der Waals surface area contributed by atoms with Crippen LogP contribution in [-0.2, 0) is 4.74 Å². The van der Waals surface area contributed by atoms with Gasteiger partial charge in [0.1, 0.15) is 5.75 Å². The molecule has 0 saturated heterocycles. The molecule has 0 radical (unpaired) electrons. The smallest absolute Gasteiger partial charge is 0.340 e. The van der Waals surface area contributed by atoms with Gasteiger partial charge >= 0.3 is 5.97 Å². The molecule has 25 heavy (non-hydrogen) atoms. The van der Waals surface area contributed by atoms with E-state index in [9.17, 15) is 4.79 Å². The van der Waals surface area contributed by atoms with Crippen molar-refractivity contribution in [3.63, 3.8) is 0 Å². The summed E-state index contributed by atoms with van der Waals surface area (Å²) in [6, 6.07) is 17.5. The maximum absolute atomic E-state index is 12.7. The molecular formula is C21H21NO3. The maximum Gasteiger partial charge on any atom is 0.340 e. The van der Waals surface area contributed by atoms with Gasteiger partial charge in [-0.2, -0.15) is 0 Å². The van der Waals surface area contributed by atoms with Crippen LogP contribution < -0.4 is 4.74 Å². The number of aryl methyl sites for hydroxylation is 1. The molecule has 0 unspecified atom stereocenters. The molecule has 1 heterocycles. The largest absolute Gasteiger partial charge is 0.497 e. The van der Waals surface area contributed by atoms with E-state index in [1.807, 2.05) is 68.4 Å². The lowest BCUT2D eigenvalue weighted by atomic mass is 9.98. The predicted octanol–water partition coefficient (Wildman–Crippen LogP) is 4.84. The van der Waals surface area contributed by atoms with Crippen molar-refractivity contribution < 1.29 is 14.3 Å². The Labute approximate surface area is 147 Å². The summed E-state index contributed by atoms with van der Waals surface area (Å²) in [5, 5.41) is 0. The number of carbonyl (C=O) groups is 1. The standard InChI is InChI=1S/C21H21NO3/c1-4-25-21(23)19-18(15-8-6-5-7-9-15)14(2)22-20(19)16-10-12-17(24-3)13-11-16/h5-13,22H,4H2,1-3H3. The van der Waals surface area contributed by atoms with Crippen LogP contribution >= 0.6 is 0 Å². The SMILES string of the molecule is CCOC(=O)c1c(-c2ccc(OC)cc2)[nH]c(C)c1-c1ccccc1. The van der Waals surface area contributed by atoms with E-state index < -0.39 is 0 Å². The minimum Gasteiger partial charge on any atom is -0.497 e. The third-order valence-electron chi connectivity index (χ3n) is 4.11. The van der Waals surface area contributed by atoms with Gasteiger partial charge < -0.3 is 14.5 Å². The first-order valence-electron chi connectivity index (χ1n) is 8.25. The van der Waals surface area contributed by atoms with Gasteiger partial charge in [-0.25, -0.2) is 4.79 Å². The Bertz CT molecular complexity index is 864. The van der Waals surface area contributed by atoms with Crippen molar-refractivity contribution >= 4 is 5.97 Å². The second kappa shape index (κ2) is 7.26. The van der Waals surface area contributed by atoms with Gasteiger partial charge in [-0.05, 0) is 49.2 Å². The number of aromatic nitrogens is 1. The van der Waals surface area contributed by atoms with Gasteiger partial charge in [-0.3, -0.25) is 0 Å². The van der Waals surface area contributed by atoms with Crippen molar-refractivity contribution in [2.45, 2.75) is 13.8 Å². The minimum atomic E-state index is -0.323. The molecule has 0 saturated carbocycles. The Hall–Kier alpha value is -3.01. The highest BCUT2D eigenvalue weighted by molar-refractivity contribution is 6.04. The first kappa shape index (κ1) is 16.8. The lowest BCUT2D eigenvalue weighted by Crippen LogP contribution is -2.06. The van der Waals surface area contributed by atoms with Crippen LogP contribution in [-0.4, -0.2) is 24.7 Å². The third-order valence-corrected chi connectivity index (χ3v) is 4.11. The summed E-state index contributed by atoms with van der Waals surface area (Å²) in [5.74, 6) is 0.449. The fourth-order valence-corrected chi connectivity index (χ4v) is 2.97. The number of H-pyrrole nitrogens is 1. The number of ether oxygens (including phenoxy) is 2. The summed E-state index contributed by atoms with van der Waals surface area (Å²) >= 11 is 0. The molecule has 128 valence electrons. The van der Waals surface area contributed by atoms with Gasteiger partial charge in [0.25, 0.3) is 0 Å². The number of esters is 1. The van der Waals surface area contributed by atoms with Crippen molar-refractivity contribution in [2.24, 2.45) is 0 Å². The second-order valence-corrected chi connectivity index (χ2v) is 5.69. The van der Waals surface area contributed by atoms with Gasteiger partial charge in [0.05, 0.1) is 25.0 Å². The Morgan fingerprint density at radius 3 is 2.28 bits per heavy atom. The van der Waals surface area contributed by atoms with Gasteiger partial charge in [-0.1, -0.05) is 30.3 Å². The topological polar surface area (TPSA) is 51.3 Å². The number of methoxy groups -OCH3 is 1.